The second kappa shape index (κ2) is 5.81. The molecular formula is C17H24N2S2. The molecule has 2 unspecified atom stereocenters. The van der Waals surface area contributed by atoms with Gasteiger partial charge in [-0.2, -0.15) is 0 Å². The monoisotopic (exact) mass is 320 g/mol. The van der Waals surface area contributed by atoms with Gasteiger partial charge in [0.15, 0.2) is 4.34 Å². The molecule has 2 aromatic rings. The van der Waals surface area contributed by atoms with Gasteiger partial charge >= 0.3 is 0 Å². The average Bonchev–Trinajstić information content (AvgIpc) is 2.78. The fourth-order valence-corrected chi connectivity index (χ4v) is 5.30. The third-order valence-corrected chi connectivity index (χ3v) is 6.30. The summed E-state index contributed by atoms with van der Waals surface area (Å²) >= 11 is 3.51. The van der Waals surface area contributed by atoms with Crippen LogP contribution < -0.4 is 5.32 Å². The lowest BCUT2D eigenvalue weighted by molar-refractivity contribution is 0.178. The SMILES string of the molecule is CSc1nc2ccc(NC3CC(C)CC(C)(C)C3)cc2s1. The summed E-state index contributed by atoms with van der Waals surface area (Å²) in [5.41, 5.74) is 2.82. The number of aromatic nitrogens is 1. The maximum absolute atomic E-state index is 4.61. The molecule has 1 aliphatic rings. The van der Waals surface area contributed by atoms with Crippen molar-refractivity contribution >= 4 is 39.0 Å². The number of thioether (sulfide) groups is 1. The van der Waals surface area contributed by atoms with Gasteiger partial charge in [0, 0.05) is 11.7 Å². The predicted octanol–water partition coefficient (Wildman–Crippen LogP) is 5.64. The predicted molar refractivity (Wildman–Crippen MR) is 95.6 cm³/mol. The first kappa shape index (κ1) is 15.2. The minimum atomic E-state index is 0.454. The highest BCUT2D eigenvalue weighted by atomic mass is 32.2. The first-order valence-corrected chi connectivity index (χ1v) is 9.70. The van der Waals surface area contributed by atoms with Gasteiger partial charge < -0.3 is 5.32 Å². The van der Waals surface area contributed by atoms with Crippen molar-refractivity contribution in [3.63, 3.8) is 0 Å². The van der Waals surface area contributed by atoms with E-state index in [0.717, 1.165) is 15.8 Å². The average molecular weight is 321 g/mol. The van der Waals surface area contributed by atoms with Crippen molar-refractivity contribution in [1.82, 2.24) is 4.98 Å². The van der Waals surface area contributed by atoms with Crippen LogP contribution in [0.5, 0.6) is 0 Å². The Morgan fingerprint density at radius 2 is 2.14 bits per heavy atom. The van der Waals surface area contributed by atoms with Gasteiger partial charge in [-0.05, 0) is 55.1 Å². The van der Waals surface area contributed by atoms with Crippen LogP contribution in [0.4, 0.5) is 5.69 Å². The molecule has 21 heavy (non-hydrogen) atoms. The molecule has 2 atom stereocenters. The largest absolute Gasteiger partial charge is 0.382 e. The molecule has 0 bridgehead atoms. The van der Waals surface area contributed by atoms with Crippen molar-refractivity contribution in [1.29, 1.82) is 0 Å². The lowest BCUT2D eigenvalue weighted by Gasteiger charge is -2.39. The molecule has 114 valence electrons. The smallest absolute Gasteiger partial charge is 0.150 e. The van der Waals surface area contributed by atoms with Crippen LogP contribution in [-0.2, 0) is 0 Å². The zero-order valence-electron chi connectivity index (χ0n) is 13.3. The highest BCUT2D eigenvalue weighted by Gasteiger charge is 2.31. The Morgan fingerprint density at radius 3 is 2.86 bits per heavy atom. The van der Waals surface area contributed by atoms with Gasteiger partial charge in [0.05, 0.1) is 10.2 Å². The van der Waals surface area contributed by atoms with Crippen LogP contribution >= 0.6 is 23.1 Å². The quantitative estimate of drug-likeness (QED) is 0.740. The lowest BCUT2D eigenvalue weighted by atomic mass is 9.70. The highest BCUT2D eigenvalue weighted by molar-refractivity contribution is 8.00. The van der Waals surface area contributed by atoms with Crippen molar-refractivity contribution < 1.29 is 0 Å². The molecule has 0 amide bonds. The Bertz CT molecular complexity index is 633. The minimum absolute atomic E-state index is 0.454. The zero-order chi connectivity index (χ0) is 15.0. The number of fused-ring (bicyclic) bond motifs is 1. The van der Waals surface area contributed by atoms with Crippen LogP contribution in [0.15, 0.2) is 22.5 Å². The molecule has 1 heterocycles. The molecule has 0 spiro atoms. The van der Waals surface area contributed by atoms with E-state index in [1.54, 1.807) is 23.1 Å². The van der Waals surface area contributed by atoms with Crippen LogP contribution in [0, 0.1) is 11.3 Å². The Kier molecular flexibility index (Phi) is 4.19. The number of nitrogens with one attached hydrogen (secondary N) is 1. The van der Waals surface area contributed by atoms with E-state index in [1.807, 2.05) is 0 Å². The molecule has 1 N–H and O–H groups in total. The molecule has 1 aliphatic carbocycles. The number of rotatable bonds is 3. The highest BCUT2D eigenvalue weighted by Crippen LogP contribution is 2.40. The number of nitrogens with zero attached hydrogens (tertiary/aromatic N) is 1. The summed E-state index contributed by atoms with van der Waals surface area (Å²) in [6.45, 7) is 7.18. The van der Waals surface area contributed by atoms with Gasteiger partial charge in [-0.25, -0.2) is 4.98 Å². The van der Waals surface area contributed by atoms with Crippen LogP contribution in [-0.4, -0.2) is 17.3 Å². The van der Waals surface area contributed by atoms with E-state index >= 15 is 0 Å². The summed E-state index contributed by atoms with van der Waals surface area (Å²) in [5.74, 6) is 0.807. The van der Waals surface area contributed by atoms with E-state index in [4.69, 9.17) is 0 Å². The Labute approximate surface area is 135 Å². The molecule has 0 saturated heterocycles. The van der Waals surface area contributed by atoms with Gasteiger partial charge in [0.1, 0.15) is 0 Å². The third kappa shape index (κ3) is 3.54. The van der Waals surface area contributed by atoms with Crippen LogP contribution in [0.25, 0.3) is 10.2 Å². The Hall–Kier alpha value is -0.740. The maximum Gasteiger partial charge on any atom is 0.150 e. The van der Waals surface area contributed by atoms with Gasteiger partial charge in [0.2, 0.25) is 0 Å². The Balaban J connectivity index is 1.78. The summed E-state index contributed by atoms with van der Waals surface area (Å²) in [6.07, 6.45) is 5.97. The topological polar surface area (TPSA) is 24.9 Å². The van der Waals surface area contributed by atoms with E-state index in [-0.39, 0.29) is 0 Å². The van der Waals surface area contributed by atoms with Crippen molar-refractivity contribution in [3.05, 3.63) is 18.2 Å². The summed E-state index contributed by atoms with van der Waals surface area (Å²) < 4.78 is 2.43. The summed E-state index contributed by atoms with van der Waals surface area (Å²) in [5, 5.41) is 3.76. The second-order valence-electron chi connectivity index (χ2n) is 7.12. The molecular weight excluding hydrogens is 296 g/mol. The number of benzene rings is 1. The van der Waals surface area contributed by atoms with Crippen LogP contribution in [0.1, 0.15) is 40.0 Å². The standard InChI is InChI=1S/C17H24N2S2/c1-11-7-13(10-17(2,3)9-11)18-12-5-6-14-15(8-12)21-16(19-14)20-4/h5-6,8,11,13,18H,7,9-10H2,1-4H3. The van der Waals surface area contributed by atoms with E-state index in [2.05, 4.69) is 55.5 Å². The summed E-state index contributed by atoms with van der Waals surface area (Å²) in [7, 11) is 0. The van der Waals surface area contributed by atoms with E-state index in [9.17, 15) is 0 Å². The Morgan fingerprint density at radius 1 is 1.33 bits per heavy atom. The molecule has 1 saturated carbocycles. The van der Waals surface area contributed by atoms with Gasteiger partial charge in [-0.1, -0.05) is 32.5 Å². The van der Waals surface area contributed by atoms with Gasteiger partial charge in [-0.3, -0.25) is 0 Å². The number of anilines is 1. The van der Waals surface area contributed by atoms with Gasteiger partial charge in [0.25, 0.3) is 0 Å². The zero-order valence-corrected chi connectivity index (χ0v) is 14.9. The first-order chi connectivity index (χ1) is 9.95. The lowest BCUT2D eigenvalue weighted by Crippen LogP contribution is -2.35. The molecule has 1 aromatic heterocycles. The van der Waals surface area contributed by atoms with Crippen molar-refractivity contribution in [2.45, 2.75) is 50.4 Å². The second-order valence-corrected chi connectivity index (χ2v) is 9.21. The fourth-order valence-electron chi connectivity index (χ4n) is 3.77. The molecule has 4 heteroatoms. The summed E-state index contributed by atoms with van der Waals surface area (Å²) in [6, 6.07) is 7.18. The van der Waals surface area contributed by atoms with Crippen molar-refractivity contribution in [2.75, 3.05) is 11.6 Å². The molecule has 0 aliphatic heterocycles. The molecule has 1 fully saturated rings. The number of hydrogen-bond acceptors (Lipinski definition) is 4. The molecule has 3 rings (SSSR count). The fraction of sp³-hybridized carbons (Fsp3) is 0.588. The first-order valence-electron chi connectivity index (χ1n) is 7.66. The van der Waals surface area contributed by atoms with E-state index < -0.39 is 0 Å². The molecule has 1 aromatic carbocycles. The van der Waals surface area contributed by atoms with Crippen molar-refractivity contribution in [3.8, 4) is 0 Å². The maximum atomic E-state index is 4.61. The molecule has 0 radical (unpaired) electrons. The van der Waals surface area contributed by atoms with Crippen LogP contribution in [0.2, 0.25) is 0 Å². The van der Waals surface area contributed by atoms with Crippen molar-refractivity contribution in [2.24, 2.45) is 11.3 Å². The normalized spacial score (nSPS) is 25.1. The minimum Gasteiger partial charge on any atom is -0.382 e. The number of thiazole rings is 1. The summed E-state index contributed by atoms with van der Waals surface area (Å²) in [4.78, 5) is 4.61. The van der Waals surface area contributed by atoms with Crippen LogP contribution in [0.3, 0.4) is 0 Å². The van der Waals surface area contributed by atoms with E-state index in [1.165, 1.54) is 29.6 Å². The molecule has 2 nitrogen and oxygen atoms in total. The third-order valence-electron chi connectivity index (χ3n) is 4.30. The van der Waals surface area contributed by atoms with Gasteiger partial charge in [-0.15, -0.1) is 11.3 Å². The van der Waals surface area contributed by atoms with E-state index in [0.29, 0.717) is 11.5 Å². The number of hydrogen-bond donors (Lipinski definition) is 1.